The molecule has 2 aliphatic rings. The molecule has 1 aromatic carbocycles. The van der Waals surface area contributed by atoms with E-state index in [0.717, 1.165) is 30.2 Å². The number of benzene rings is 1. The van der Waals surface area contributed by atoms with E-state index in [2.05, 4.69) is 15.4 Å². The fourth-order valence-corrected chi connectivity index (χ4v) is 4.33. The Bertz CT molecular complexity index is 618. The van der Waals surface area contributed by atoms with Crippen LogP contribution in [0.2, 0.25) is 0 Å². The molecule has 2 heterocycles. The van der Waals surface area contributed by atoms with E-state index >= 15 is 0 Å². The van der Waals surface area contributed by atoms with Crippen LogP contribution in [0.25, 0.3) is 0 Å². The molecule has 0 aliphatic carbocycles. The number of carbonyl (C=O) groups excluding carboxylic acids is 2. The summed E-state index contributed by atoms with van der Waals surface area (Å²) in [5.74, 6) is 2.39. The van der Waals surface area contributed by atoms with Crippen molar-refractivity contribution < 1.29 is 9.59 Å². The highest BCUT2D eigenvalue weighted by Crippen LogP contribution is 2.21. The lowest BCUT2D eigenvalue weighted by Gasteiger charge is -2.24. The fourth-order valence-electron chi connectivity index (χ4n) is 2.51. The van der Waals surface area contributed by atoms with Crippen molar-refractivity contribution in [3.05, 3.63) is 35.9 Å². The average Bonchev–Trinajstić information content (AvgIpc) is 2.95. The Labute approximate surface area is 150 Å². The standard InChI is InChI=1S/C16H20N4O2S2/c21-14(11-19-6-8-23-9-7-19)17-18-16-20(15(22)12-24-16)10-13-4-2-1-3-5-13/h1-5H,6-12H2,(H,17,21)/b18-16+. The SMILES string of the molecule is O=C(CN1CCSCC1)N/N=C1/SCC(=O)N1Cc1ccccc1. The van der Waals surface area contributed by atoms with E-state index in [9.17, 15) is 9.59 Å². The van der Waals surface area contributed by atoms with Gasteiger partial charge in [-0.25, -0.2) is 5.43 Å². The molecule has 24 heavy (non-hydrogen) atoms. The summed E-state index contributed by atoms with van der Waals surface area (Å²) in [6, 6.07) is 9.77. The number of nitrogens with zero attached hydrogens (tertiary/aromatic N) is 3. The lowest BCUT2D eigenvalue weighted by molar-refractivity contribution is -0.125. The minimum atomic E-state index is -0.131. The minimum Gasteiger partial charge on any atom is -0.293 e. The quantitative estimate of drug-likeness (QED) is 0.796. The number of nitrogens with one attached hydrogen (secondary N) is 1. The van der Waals surface area contributed by atoms with Gasteiger partial charge in [0.2, 0.25) is 5.91 Å². The molecular formula is C16H20N4O2S2. The van der Waals surface area contributed by atoms with Gasteiger partial charge in [-0.3, -0.25) is 19.4 Å². The molecule has 8 heteroatoms. The second-order valence-electron chi connectivity index (χ2n) is 5.57. The smallest absolute Gasteiger partial charge is 0.254 e. The Balaban J connectivity index is 1.56. The van der Waals surface area contributed by atoms with Gasteiger partial charge in [0.25, 0.3) is 5.91 Å². The van der Waals surface area contributed by atoms with Crippen LogP contribution in [0, 0.1) is 0 Å². The first-order chi connectivity index (χ1) is 11.7. The first-order valence-corrected chi connectivity index (χ1v) is 10.00. The van der Waals surface area contributed by atoms with E-state index in [0.29, 0.717) is 24.0 Å². The number of hydrogen-bond acceptors (Lipinski definition) is 6. The fraction of sp³-hybridized carbons (Fsp3) is 0.438. The number of carbonyl (C=O) groups is 2. The van der Waals surface area contributed by atoms with Crippen LogP contribution < -0.4 is 5.43 Å². The summed E-state index contributed by atoms with van der Waals surface area (Å²) < 4.78 is 0. The zero-order valence-corrected chi connectivity index (χ0v) is 14.9. The van der Waals surface area contributed by atoms with Gasteiger partial charge in [-0.1, -0.05) is 42.1 Å². The van der Waals surface area contributed by atoms with Gasteiger partial charge in [-0.15, -0.1) is 5.10 Å². The van der Waals surface area contributed by atoms with Crippen molar-refractivity contribution >= 4 is 40.5 Å². The Morgan fingerprint density at radius 3 is 2.71 bits per heavy atom. The van der Waals surface area contributed by atoms with E-state index < -0.39 is 0 Å². The summed E-state index contributed by atoms with van der Waals surface area (Å²) in [5.41, 5.74) is 3.63. The zero-order chi connectivity index (χ0) is 16.8. The lowest BCUT2D eigenvalue weighted by Crippen LogP contribution is -2.40. The van der Waals surface area contributed by atoms with Crippen LogP contribution >= 0.6 is 23.5 Å². The summed E-state index contributed by atoms with van der Waals surface area (Å²) in [6.07, 6.45) is 0. The maximum absolute atomic E-state index is 12.1. The predicted octanol–water partition coefficient (Wildman–Crippen LogP) is 1.20. The van der Waals surface area contributed by atoms with Crippen LogP contribution in [-0.4, -0.2) is 63.7 Å². The Morgan fingerprint density at radius 2 is 1.96 bits per heavy atom. The molecule has 2 aliphatic heterocycles. The first-order valence-electron chi connectivity index (χ1n) is 7.86. The van der Waals surface area contributed by atoms with Gasteiger partial charge in [-0.2, -0.15) is 11.8 Å². The van der Waals surface area contributed by atoms with Crippen LogP contribution in [0.1, 0.15) is 5.56 Å². The maximum atomic E-state index is 12.1. The van der Waals surface area contributed by atoms with Gasteiger partial charge in [0.05, 0.1) is 18.8 Å². The Kier molecular flexibility index (Phi) is 6.17. The molecule has 6 nitrogen and oxygen atoms in total. The predicted molar refractivity (Wildman–Crippen MR) is 98.8 cm³/mol. The number of hydrogen-bond donors (Lipinski definition) is 1. The monoisotopic (exact) mass is 364 g/mol. The van der Waals surface area contributed by atoms with Crippen molar-refractivity contribution in [1.29, 1.82) is 0 Å². The molecule has 0 atom stereocenters. The third-order valence-corrected chi connectivity index (χ3v) is 5.69. The van der Waals surface area contributed by atoms with Crippen molar-refractivity contribution in [1.82, 2.24) is 15.2 Å². The highest BCUT2D eigenvalue weighted by molar-refractivity contribution is 8.15. The summed E-state index contributed by atoms with van der Waals surface area (Å²) >= 11 is 3.27. The summed E-state index contributed by atoms with van der Waals surface area (Å²) in [5, 5.41) is 4.73. The molecule has 0 saturated carbocycles. The van der Waals surface area contributed by atoms with Gasteiger partial charge in [-0.05, 0) is 5.56 Å². The molecule has 0 spiro atoms. The normalized spacial score (nSPS) is 20.6. The molecule has 0 radical (unpaired) electrons. The third-order valence-electron chi connectivity index (χ3n) is 3.79. The third kappa shape index (κ3) is 4.75. The molecule has 1 aromatic rings. The average molecular weight is 364 g/mol. The molecule has 0 unspecified atom stereocenters. The topological polar surface area (TPSA) is 65.0 Å². The summed E-state index contributed by atoms with van der Waals surface area (Å²) in [4.78, 5) is 27.8. The molecule has 128 valence electrons. The van der Waals surface area contributed by atoms with E-state index in [1.54, 1.807) is 4.90 Å². The van der Waals surface area contributed by atoms with E-state index in [1.807, 2.05) is 42.1 Å². The molecule has 0 aromatic heterocycles. The van der Waals surface area contributed by atoms with Gasteiger partial charge < -0.3 is 0 Å². The first kappa shape index (κ1) is 17.3. The van der Waals surface area contributed by atoms with Crippen LogP contribution in [0.3, 0.4) is 0 Å². The number of hydrazone groups is 1. The van der Waals surface area contributed by atoms with Crippen LogP contribution in [-0.2, 0) is 16.1 Å². The van der Waals surface area contributed by atoms with Crippen LogP contribution in [0.15, 0.2) is 35.4 Å². The highest BCUT2D eigenvalue weighted by Gasteiger charge is 2.28. The molecule has 2 fully saturated rings. The van der Waals surface area contributed by atoms with Gasteiger partial charge in [0, 0.05) is 24.6 Å². The molecule has 2 saturated heterocycles. The van der Waals surface area contributed by atoms with Crippen LogP contribution in [0.4, 0.5) is 0 Å². The van der Waals surface area contributed by atoms with Crippen molar-refractivity contribution in [2.75, 3.05) is 36.9 Å². The summed E-state index contributed by atoms with van der Waals surface area (Å²) in [6.45, 7) is 2.70. The maximum Gasteiger partial charge on any atom is 0.254 e. The Hall–Kier alpha value is -1.51. The van der Waals surface area contributed by atoms with E-state index in [1.165, 1.54) is 11.8 Å². The van der Waals surface area contributed by atoms with Crippen molar-refractivity contribution in [3.8, 4) is 0 Å². The Morgan fingerprint density at radius 1 is 1.21 bits per heavy atom. The van der Waals surface area contributed by atoms with E-state index in [4.69, 9.17) is 0 Å². The second kappa shape index (κ2) is 8.55. The molecule has 2 amide bonds. The lowest BCUT2D eigenvalue weighted by atomic mass is 10.2. The largest absolute Gasteiger partial charge is 0.293 e. The van der Waals surface area contributed by atoms with Crippen LogP contribution in [0.5, 0.6) is 0 Å². The molecular weight excluding hydrogens is 344 g/mol. The van der Waals surface area contributed by atoms with Gasteiger partial charge in [0.1, 0.15) is 0 Å². The zero-order valence-electron chi connectivity index (χ0n) is 13.3. The number of rotatable bonds is 5. The van der Waals surface area contributed by atoms with E-state index in [-0.39, 0.29) is 11.8 Å². The number of amidine groups is 1. The molecule has 3 rings (SSSR count). The molecule has 0 bridgehead atoms. The second-order valence-corrected chi connectivity index (χ2v) is 7.74. The highest BCUT2D eigenvalue weighted by atomic mass is 32.2. The minimum absolute atomic E-state index is 0.0184. The van der Waals surface area contributed by atoms with Crippen molar-refractivity contribution in [2.24, 2.45) is 5.10 Å². The van der Waals surface area contributed by atoms with Gasteiger partial charge in [0.15, 0.2) is 5.17 Å². The van der Waals surface area contributed by atoms with Crippen molar-refractivity contribution in [3.63, 3.8) is 0 Å². The number of thioether (sulfide) groups is 2. The van der Waals surface area contributed by atoms with Crippen molar-refractivity contribution in [2.45, 2.75) is 6.54 Å². The van der Waals surface area contributed by atoms with Gasteiger partial charge >= 0.3 is 0 Å². The number of amides is 2. The summed E-state index contributed by atoms with van der Waals surface area (Å²) in [7, 11) is 0. The molecule has 1 N–H and O–H groups in total.